The largest absolute Gasteiger partial charge is 0.361 e. The number of nitrogens with zero attached hydrogens (tertiary/aromatic N) is 2. The Bertz CT molecular complexity index is 785. The zero-order chi connectivity index (χ0) is 16.2. The zero-order valence-corrected chi connectivity index (χ0v) is 12.9. The summed E-state index contributed by atoms with van der Waals surface area (Å²) in [6.45, 7) is 0. The summed E-state index contributed by atoms with van der Waals surface area (Å²) >= 11 is 0.852. The van der Waals surface area contributed by atoms with Crippen molar-refractivity contribution in [2.75, 3.05) is 10.6 Å². The summed E-state index contributed by atoms with van der Waals surface area (Å²) in [6.07, 6.45) is 4.83. The average molecular weight is 330 g/mol. The van der Waals surface area contributed by atoms with E-state index in [2.05, 4.69) is 21.7 Å². The van der Waals surface area contributed by atoms with E-state index < -0.39 is 4.92 Å². The van der Waals surface area contributed by atoms with Crippen LogP contribution >= 0.6 is 11.3 Å². The van der Waals surface area contributed by atoms with Crippen LogP contribution in [0.3, 0.4) is 0 Å². The third-order valence-corrected chi connectivity index (χ3v) is 4.32. The van der Waals surface area contributed by atoms with Gasteiger partial charge in [-0.3, -0.25) is 14.9 Å². The van der Waals surface area contributed by atoms with Crippen LogP contribution in [-0.2, 0) is 11.2 Å². The van der Waals surface area contributed by atoms with Gasteiger partial charge in [0, 0.05) is 18.3 Å². The number of anilines is 2. The van der Waals surface area contributed by atoms with Gasteiger partial charge in [0.15, 0.2) is 5.13 Å². The van der Waals surface area contributed by atoms with Gasteiger partial charge in [-0.05, 0) is 41.4 Å². The van der Waals surface area contributed by atoms with Gasteiger partial charge in [-0.25, -0.2) is 4.98 Å². The summed E-state index contributed by atoms with van der Waals surface area (Å²) in [5.41, 5.74) is 3.45. The van der Waals surface area contributed by atoms with E-state index in [4.69, 9.17) is 0 Å². The Morgan fingerprint density at radius 3 is 3.04 bits per heavy atom. The van der Waals surface area contributed by atoms with E-state index >= 15 is 0 Å². The molecule has 2 heterocycles. The molecule has 0 aliphatic carbocycles. The Hall–Kier alpha value is -2.74. The number of allylic oxidation sites excluding steroid dienone is 1. The summed E-state index contributed by atoms with van der Waals surface area (Å²) in [5, 5.41) is 16.6. The predicted molar refractivity (Wildman–Crippen MR) is 88.5 cm³/mol. The quantitative estimate of drug-likeness (QED) is 0.647. The van der Waals surface area contributed by atoms with E-state index in [1.54, 1.807) is 0 Å². The van der Waals surface area contributed by atoms with Crippen molar-refractivity contribution >= 4 is 33.1 Å². The molecule has 0 unspecified atom stereocenters. The molecule has 23 heavy (non-hydrogen) atoms. The van der Waals surface area contributed by atoms with E-state index in [0.717, 1.165) is 35.2 Å². The van der Waals surface area contributed by atoms with Crippen LogP contribution in [0.25, 0.3) is 0 Å². The fourth-order valence-corrected chi connectivity index (χ4v) is 2.96. The third-order valence-electron chi connectivity index (χ3n) is 3.46. The van der Waals surface area contributed by atoms with Crippen LogP contribution < -0.4 is 10.6 Å². The number of carbonyl (C=O) groups excluding carboxylic acids is 1. The van der Waals surface area contributed by atoms with E-state index in [1.165, 1.54) is 5.56 Å². The molecule has 1 amide bonds. The third kappa shape index (κ3) is 3.72. The highest BCUT2D eigenvalue weighted by atomic mass is 32.1. The van der Waals surface area contributed by atoms with Crippen LogP contribution in [0.4, 0.5) is 15.8 Å². The second kappa shape index (κ2) is 6.57. The van der Waals surface area contributed by atoms with Crippen LogP contribution in [0.15, 0.2) is 42.2 Å². The molecule has 8 heteroatoms. The molecule has 118 valence electrons. The molecular weight excluding hydrogens is 316 g/mol. The molecule has 2 aromatic rings. The molecule has 1 aliphatic rings. The van der Waals surface area contributed by atoms with E-state index in [0.29, 0.717) is 12.8 Å². The van der Waals surface area contributed by atoms with Gasteiger partial charge in [-0.2, -0.15) is 0 Å². The highest BCUT2D eigenvalue weighted by molar-refractivity contribution is 7.18. The van der Waals surface area contributed by atoms with Crippen molar-refractivity contribution in [1.82, 2.24) is 4.98 Å². The number of nitrogens with one attached hydrogen (secondary N) is 2. The Kier molecular flexibility index (Phi) is 4.33. The van der Waals surface area contributed by atoms with Crippen molar-refractivity contribution in [2.45, 2.75) is 19.3 Å². The van der Waals surface area contributed by atoms with Gasteiger partial charge in [0.05, 0.1) is 4.92 Å². The number of hydrogen-bond acceptors (Lipinski definition) is 6. The fraction of sp³-hybridized carbons (Fsp3) is 0.200. The molecule has 0 saturated heterocycles. The second-order valence-corrected chi connectivity index (χ2v) is 6.10. The van der Waals surface area contributed by atoms with Gasteiger partial charge in [-0.15, -0.1) is 0 Å². The number of aromatic nitrogens is 1. The number of fused-ring (bicyclic) bond motifs is 1. The Morgan fingerprint density at radius 2 is 2.26 bits per heavy atom. The lowest BCUT2D eigenvalue weighted by Gasteiger charge is -2.18. The minimum atomic E-state index is -0.525. The molecule has 0 fully saturated rings. The van der Waals surface area contributed by atoms with Crippen LogP contribution in [0, 0.1) is 10.1 Å². The van der Waals surface area contributed by atoms with Crippen molar-refractivity contribution in [2.24, 2.45) is 0 Å². The first-order valence-corrected chi connectivity index (χ1v) is 7.86. The van der Waals surface area contributed by atoms with Crippen molar-refractivity contribution in [1.29, 1.82) is 0 Å². The number of carbonyl (C=O) groups is 1. The van der Waals surface area contributed by atoms with Crippen molar-refractivity contribution < 1.29 is 9.72 Å². The van der Waals surface area contributed by atoms with Crippen molar-refractivity contribution in [3.05, 3.63) is 57.9 Å². The molecule has 0 bridgehead atoms. The molecule has 0 atom stereocenters. The normalized spacial score (nSPS) is 12.8. The topological polar surface area (TPSA) is 97.2 Å². The number of para-hydroxylation sites is 1. The van der Waals surface area contributed by atoms with Gasteiger partial charge < -0.3 is 10.6 Å². The van der Waals surface area contributed by atoms with E-state index in [-0.39, 0.29) is 16.0 Å². The van der Waals surface area contributed by atoms with Gasteiger partial charge in [0.2, 0.25) is 5.91 Å². The van der Waals surface area contributed by atoms with Gasteiger partial charge in [0.1, 0.15) is 6.20 Å². The summed E-state index contributed by atoms with van der Waals surface area (Å²) in [5.74, 6) is -0.200. The van der Waals surface area contributed by atoms with Crippen LogP contribution in [0.1, 0.15) is 18.4 Å². The number of hydrogen-bond donors (Lipinski definition) is 2. The maximum Gasteiger partial charge on any atom is 0.345 e. The van der Waals surface area contributed by atoms with Crippen LogP contribution in [0.5, 0.6) is 0 Å². The Balaban J connectivity index is 1.51. The summed E-state index contributed by atoms with van der Waals surface area (Å²) in [7, 11) is 0. The average Bonchev–Trinajstić information content (AvgIpc) is 3.01. The number of benzene rings is 1. The SMILES string of the molecule is O=C(CCC1=CNc2ccccc2C1)Nc1ncc([N+](=O)[O-])s1. The lowest BCUT2D eigenvalue weighted by atomic mass is 9.98. The molecule has 0 radical (unpaired) electrons. The monoisotopic (exact) mass is 330 g/mol. The van der Waals surface area contributed by atoms with Gasteiger partial charge in [-0.1, -0.05) is 18.2 Å². The molecule has 1 aromatic carbocycles. The lowest BCUT2D eigenvalue weighted by Crippen LogP contribution is -2.13. The first-order chi connectivity index (χ1) is 11.1. The molecule has 0 saturated carbocycles. The van der Waals surface area contributed by atoms with Crippen molar-refractivity contribution in [3.8, 4) is 0 Å². The number of thiazole rings is 1. The molecule has 7 nitrogen and oxygen atoms in total. The minimum absolute atomic E-state index is 0.0869. The highest BCUT2D eigenvalue weighted by Crippen LogP contribution is 2.27. The lowest BCUT2D eigenvalue weighted by molar-refractivity contribution is -0.380. The Morgan fingerprint density at radius 1 is 1.43 bits per heavy atom. The molecule has 2 N–H and O–H groups in total. The molecular formula is C15H14N4O3S. The van der Waals surface area contributed by atoms with Gasteiger partial charge >= 0.3 is 5.00 Å². The van der Waals surface area contributed by atoms with Crippen molar-refractivity contribution in [3.63, 3.8) is 0 Å². The summed E-state index contributed by atoms with van der Waals surface area (Å²) in [4.78, 5) is 25.8. The standard InChI is InChI=1S/C15H14N4O3S/c20-13(18-15-17-9-14(23-15)19(21)22)6-5-10-7-11-3-1-2-4-12(11)16-8-10/h1-4,8-9,16H,5-7H2,(H,17,18,20). The van der Waals surface area contributed by atoms with E-state index in [1.807, 2.05) is 24.4 Å². The molecule has 0 spiro atoms. The first-order valence-electron chi connectivity index (χ1n) is 7.04. The molecule has 1 aromatic heterocycles. The summed E-state index contributed by atoms with van der Waals surface area (Å²) < 4.78 is 0. The van der Waals surface area contributed by atoms with E-state index in [9.17, 15) is 14.9 Å². The molecule has 1 aliphatic heterocycles. The van der Waals surface area contributed by atoms with Crippen LogP contribution in [-0.4, -0.2) is 15.8 Å². The number of amides is 1. The minimum Gasteiger partial charge on any atom is -0.361 e. The zero-order valence-electron chi connectivity index (χ0n) is 12.1. The number of nitro groups is 1. The van der Waals surface area contributed by atoms with Crippen LogP contribution in [0.2, 0.25) is 0 Å². The fourth-order valence-electron chi connectivity index (χ4n) is 2.31. The first kappa shape index (κ1) is 15.2. The second-order valence-electron chi connectivity index (χ2n) is 5.09. The predicted octanol–water partition coefficient (Wildman–Crippen LogP) is 3.32. The maximum atomic E-state index is 11.9. The summed E-state index contributed by atoms with van der Waals surface area (Å²) in [6, 6.07) is 8.05. The maximum absolute atomic E-state index is 11.9. The Labute approximate surface area is 136 Å². The highest BCUT2D eigenvalue weighted by Gasteiger charge is 2.15. The number of rotatable bonds is 5. The van der Waals surface area contributed by atoms with Gasteiger partial charge in [0.25, 0.3) is 0 Å². The smallest absolute Gasteiger partial charge is 0.345 e. The molecule has 3 rings (SSSR count).